The molecule has 0 aliphatic heterocycles. The van der Waals surface area contributed by atoms with E-state index in [1.54, 1.807) is 0 Å². The molecule has 2 heteroatoms. The zero-order chi connectivity index (χ0) is 17.7. The maximum absolute atomic E-state index is 5.96. The van der Waals surface area contributed by atoms with E-state index in [9.17, 15) is 0 Å². The monoisotopic (exact) mass is 320 g/mol. The van der Waals surface area contributed by atoms with Gasteiger partial charge in [0.2, 0.25) is 0 Å². The van der Waals surface area contributed by atoms with E-state index in [4.69, 9.17) is 9.47 Å². The van der Waals surface area contributed by atoms with Gasteiger partial charge in [-0.2, -0.15) is 0 Å². The Hall–Kier alpha value is -1.02. The molecule has 0 aromatic heterocycles. The summed E-state index contributed by atoms with van der Waals surface area (Å²) in [4.78, 5) is 0. The molecule has 0 fully saturated rings. The Balaban J connectivity index is 2.66. The van der Waals surface area contributed by atoms with Crippen LogP contribution in [-0.4, -0.2) is 19.8 Å². The molecule has 0 aliphatic rings. The zero-order valence-electron chi connectivity index (χ0n) is 16.5. The van der Waals surface area contributed by atoms with Crippen LogP contribution in [0.1, 0.15) is 67.4 Å². The molecule has 0 spiro atoms. The molecule has 0 saturated carbocycles. The van der Waals surface area contributed by atoms with Crippen molar-refractivity contribution in [3.63, 3.8) is 0 Å². The summed E-state index contributed by atoms with van der Waals surface area (Å²) in [6.07, 6.45) is 1.15. The third kappa shape index (κ3) is 7.39. The predicted molar refractivity (Wildman–Crippen MR) is 99.3 cm³/mol. The standard InChI is InChI=1S/C21H36O2/c1-9-22-15-20(5,6)16-23-18-12-10-17(11-13-18)21(7,8)14-19(2,3)4/h10-13H,9,14-16H2,1-8H3. The highest BCUT2D eigenvalue weighted by molar-refractivity contribution is 5.31. The first-order valence-corrected chi connectivity index (χ1v) is 8.76. The van der Waals surface area contributed by atoms with Gasteiger partial charge in [-0.05, 0) is 41.9 Å². The predicted octanol–water partition coefficient (Wildman–Crippen LogP) is 5.84. The molecule has 132 valence electrons. The minimum absolute atomic E-state index is 0.0280. The van der Waals surface area contributed by atoms with Gasteiger partial charge in [0.1, 0.15) is 5.75 Å². The second-order valence-corrected chi connectivity index (χ2v) is 9.24. The molecule has 0 saturated heterocycles. The Morgan fingerprint density at radius 2 is 1.39 bits per heavy atom. The van der Waals surface area contributed by atoms with Crippen LogP contribution in [0, 0.1) is 10.8 Å². The topological polar surface area (TPSA) is 18.5 Å². The summed E-state index contributed by atoms with van der Waals surface area (Å²) in [5, 5.41) is 0. The summed E-state index contributed by atoms with van der Waals surface area (Å²) in [6, 6.07) is 8.60. The first kappa shape index (κ1) is 20.0. The van der Waals surface area contributed by atoms with E-state index in [-0.39, 0.29) is 10.8 Å². The van der Waals surface area contributed by atoms with E-state index in [1.165, 1.54) is 5.56 Å². The van der Waals surface area contributed by atoms with Gasteiger partial charge in [-0.15, -0.1) is 0 Å². The van der Waals surface area contributed by atoms with E-state index in [0.717, 1.165) is 25.4 Å². The Morgan fingerprint density at radius 3 is 1.87 bits per heavy atom. The van der Waals surface area contributed by atoms with Crippen molar-refractivity contribution in [1.29, 1.82) is 0 Å². The molecule has 0 heterocycles. The van der Waals surface area contributed by atoms with Crippen molar-refractivity contribution in [3.05, 3.63) is 29.8 Å². The van der Waals surface area contributed by atoms with Crippen LogP contribution in [0.5, 0.6) is 5.75 Å². The van der Waals surface area contributed by atoms with Gasteiger partial charge in [-0.1, -0.05) is 60.6 Å². The van der Waals surface area contributed by atoms with Crippen LogP contribution in [0.15, 0.2) is 24.3 Å². The summed E-state index contributed by atoms with van der Waals surface area (Å²) >= 11 is 0. The van der Waals surface area contributed by atoms with E-state index in [0.29, 0.717) is 12.0 Å². The average Bonchev–Trinajstić information content (AvgIpc) is 2.41. The van der Waals surface area contributed by atoms with Gasteiger partial charge in [0.05, 0.1) is 13.2 Å². The zero-order valence-corrected chi connectivity index (χ0v) is 16.5. The molecule has 0 amide bonds. The van der Waals surface area contributed by atoms with Crippen molar-refractivity contribution in [1.82, 2.24) is 0 Å². The van der Waals surface area contributed by atoms with E-state index in [2.05, 4.69) is 72.7 Å². The van der Waals surface area contributed by atoms with Crippen molar-refractivity contribution < 1.29 is 9.47 Å². The lowest BCUT2D eigenvalue weighted by Gasteiger charge is -2.33. The first-order valence-electron chi connectivity index (χ1n) is 8.76. The summed E-state index contributed by atoms with van der Waals surface area (Å²) in [5.74, 6) is 0.935. The van der Waals surface area contributed by atoms with Gasteiger partial charge in [0.25, 0.3) is 0 Å². The molecule has 1 rings (SSSR count). The van der Waals surface area contributed by atoms with Gasteiger partial charge in [0, 0.05) is 12.0 Å². The Bertz CT molecular complexity index is 464. The molecule has 0 bridgehead atoms. The second-order valence-electron chi connectivity index (χ2n) is 9.24. The first-order chi connectivity index (χ1) is 10.5. The highest BCUT2D eigenvalue weighted by Gasteiger charge is 2.27. The largest absolute Gasteiger partial charge is 0.493 e. The van der Waals surface area contributed by atoms with Crippen LogP contribution in [0.25, 0.3) is 0 Å². The molecule has 0 N–H and O–H groups in total. The number of ether oxygens (including phenoxy) is 2. The maximum atomic E-state index is 5.96. The Labute approximate surface area is 143 Å². The quantitative estimate of drug-likeness (QED) is 0.599. The van der Waals surface area contributed by atoms with Gasteiger partial charge in [0.15, 0.2) is 0 Å². The summed E-state index contributed by atoms with van der Waals surface area (Å²) < 4.78 is 11.5. The number of hydrogen-bond acceptors (Lipinski definition) is 2. The van der Waals surface area contributed by atoms with Crippen molar-refractivity contribution >= 4 is 0 Å². The van der Waals surface area contributed by atoms with Gasteiger partial charge < -0.3 is 9.47 Å². The van der Waals surface area contributed by atoms with E-state index < -0.39 is 0 Å². The normalized spacial score (nSPS) is 13.2. The fraction of sp³-hybridized carbons (Fsp3) is 0.714. The second kappa shape index (κ2) is 7.70. The van der Waals surface area contributed by atoms with Crippen LogP contribution < -0.4 is 4.74 Å². The molecular weight excluding hydrogens is 284 g/mol. The lowest BCUT2D eigenvalue weighted by Crippen LogP contribution is -2.27. The Kier molecular flexibility index (Phi) is 6.70. The molecule has 0 aliphatic carbocycles. The highest BCUT2D eigenvalue weighted by atomic mass is 16.5. The van der Waals surface area contributed by atoms with Gasteiger partial charge in [-0.25, -0.2) is 0 Å². The van der Waals surface area contributed by atoms with Crippen molar-refractivity contribution in [2.75, 3.05) is 19.8 Å². The molecule has 0 atom stereocenters. The number of benzene rings is 1. The third-order valence-electron chi connectivity index (χ3n) is 3.93. The van der Waals surface area contributed by atoms with Crippen molar-refractivity contribution in [3.8, 4) is 5.75 Å². The molecule has 1 aromatic carbocycles. The SMILES string of the molecule is CCOCC(C)(C)COc1ccc(C(C)(C)CC(C)(C)C)cc1. The number of hydrogen-bond donors (Lipinski definition) is 0. The maximum Gasteiger partial charge on any atom is 0.119 e. The molecule has 1 aromatic rings. The van der Waals surface area contributed by atoms with Crippen molar-refractivity contribution in [2.24, 2.45) is 10.8 Å². The van der Waals surface area contributed by atoms with Crippen molar-refractivity contribution in [2.45, 2.75) is 67.2 Å². The summed E-state index contributed by atoms with van der Waals surface area (Å²) in [6.45, 7) is 20.0. The van der Waals surface area contributed by atoms with Crippen LogP contribution in [0.4, 0.5) is 0 Å². The molecular formula is C21H36O2. The van der Waals surface area contributed by atoms with Crippen LogP contribution in [-0.2, 0) is 10.2 Å². The molecule has 2 nitrogen and oxygen atoms in total. The fourth-order valence-corrected chi connectivity index (χ4v) is 3.13. The van der Waals surface area contributed by atoms with Crippen LogP contribution in [0.2, 0.25) is 0 Å². The minimum Gasteiger partial charge on any atom is -0.493 e. The lowest BCUT2D eigenvalue weighted by molar-refractivity contribution is 0.0409. The van der Waals surface area contributed by atoms with E-state index in [1.807, 2.05) is 6.92 Å². The average molecular weight is 321 g/mol. The smallest absolute Gasteiger partial charge is 0.119 e. The van der Waals surface area contributed by atoms with Crippen LogP contribution in [0.3, 0.4) is 0 Å². The summed E-state index contributed by atoms with van der Waals surface area (Å²) in [5.41, 5.74) is 1.89. The lowest BCUT2D eigenvalue weighted by atomic mass is 9.72. The highest BCUT2D eigenvalue weighted by Crippen LogP contribution is 2.36. The summed E-state index contributed by atoms with van der Waals surface area (Å²) in [7, 11) is 0. The number of rotatable bonds is 8. The molecule has 0 unspecified atom stereocenters. The Morgan fingerprint density at radius 1 is 0.826 bits per heavy atom. The minimum atomic E-state index is 0.0280. The molecule has 0 radical (unpaired) electrons. The van der Waals surface area contributed by atoms with Crippen LogP contribution >= 0.6 is 0 Å². The van der Waals surface area contributed by atoms with Gasteiger partial charge >= 0.3 is 0 Å². The third-order valence-corrected chi connectivity index (χ3v) is 3.93. The van der Waals surface area contributed by atoms with Gasteiger partial charge in [-0.3, -0.25) is 0 Å². The van der Waals surface area contributed by atoms with E-state index >= 15 is 0 Å². The fourth-order valence-electron chi connectivity index (χ4n) is 3.13. The molecule has 23 heavy (non-hydrogen) atoms.